The van der Waals surface area contributed by atoms with E-state index in [1.54, 1.807) is 0 Å². The number of rotatable bonds is 4. The average molecular weight is 226 g/mol. The van der Waals surface area contributed by atoms with Gasteiger partial charge in [-0.2, -0.15) is 0 Å². The molecule has 2 heteroatoms. The van der Waals surface area contributed by atoms with Crippen LogP contribution in [0.4, 0.5) is 17.1 Å². The van der Waals surface area contributed by atoms with Crippen molar-refractivity contribution in [2.24, 2.45) is 0 Å². The first kappa shape index (κ1) is 11.5. The summed E-state index contributed by atoms with van der Waals surface area (Å²) in [7, 11) is 2.10. The summed E-state index contributed by atoms with van der Waals surface area (Å²) in [4.78, 5) is 2.23. The maximum Gasteiger partial charge on any atom is 0.0622 e. The van der Waals surface area contributed by atoms with Gasteiger partial charge in [-0.3, -0.25) is 0 Å². The van der Waals surface area contributed by atoms with Gasteiger partial charge in [-0.15, -0.1) is 0 Å². The maximum absolute atomic E-state index is 3.45. The van der Waals surface area contributed by atoms with Crippen LogP contribution in [0.25, 0.3) is 0 Å². The highest BCUT2D eigenvalue weighted by atomic mass is 15.1. The second-order valence-corrected chi connectivity index (χ2v) is 4.02. The van der Waals surface area contributed by atoms with Crippen molar-refractivity contribution >= 4 is 17.1 Å². The third kappa shape index (κ3) is 2.78. The van der Waals surface area contributed by atoms with Crippen LogP contribution in [0.15, 0.2) is 54.6 Å². The molecule has 0 aliphatic rings. The van der Waals surface area contributed by atoms with Gasteiger partial charge in [0.05, 0.1) is 11.4 Å². The molecule has 0 aliphatic heterocycles. The number of nitrogens with one attached hydrogen (secondary N) is 1. The minimum atomic E-state index is 0.994. The maximum atomic E-state index is 3.45. The van der Waals surface area contributed by atoms with Crippen LogP contribution < -0.4 is 10.2 Å². The van der Waals surface area contributed by atoms with E-state index in [0.29, 0.717) is 0 Å². The fourth-order valence-electron chi connectivity index (χ4n) is 1.76. The van der Waals surface area contributed by atoms with Crippen molar-refractivity contribution in [3.63, 3.8) is 0 Å². The molecule has 2 aromatic rings. The van der Waals surface area contributed by atoms with Gasteiger partial charge < -0.3 is 10.2 Å². The lowest BCUT2D eigenvalue weighted by Gasteiger charge is -2.21. The van der Waals surface area contributed by atoms with Gasteiger partial charge in [-0.1, -0.05) is 30.3 Å². The monoisotopic (exact) mass is 226 g/mol. The van der Waals surface area contributed by atoms with Crippen molar-refractivity contribution in [2.45, 2.75) is 6.92 Å². The van der Waals surface area contributed by atoms with E-state index in [1.807, 2.05) is 18.2 Å². The lowest BCUT2D eigenvalue weighted by Crippen LogP contribution is -2.16. The standard InChI is InChI=1S/C15H18N2/c1-3-17(2)15-12-8-7-11-14(15)16-13-9-5-4-6-10-13/h4-12,16H,3H2,1-2H3. The molecule has 0 heterocycles. The fourth-order valence-corrected chi connectivity index (χ4v) is 1.76. The van der Waals surface area contributed by atoms with Crippen LogP contribution in [0.2, 0.25) is 0 Å². The fraction of sp³-hybridized carbons (Fsp3) is 0.200. The van der Waals surface area contributed by atoms with Crippen molar-refractivity contribution in [1.29, 1.82) is 0 Å². The van der Waals surface area contributed by atoms with E-state index >= 15 is 0 Å². The van der Waals surface area contributed by atoms with Crippen molar-refractivity contribution < 1.29 is 0 Å². The number of hydrogen-bond donors (Lipinski definition) is 1. The first-order valence-electron chi connectivity index (χ1n) is 5.93. The Morgan fingerprint density at radius 1 is 0.941 bits per heavy atom. The number of benzene rings is 2. The summed E-state index contributed by atoms with van der Waals surface area (Å²) in [5.74, 6) is 0. The molecule has 0 saturated carbocycles. The third-order valence-corrected chi connectivity index (χ3v) is 2.84. The molecule has 0 bridgehead atoms. The summed E-state index contributed by atoms with van der Waals surface area (Å²) in [6, 6.07) is 18.6. The van der Waals surface area contributed by atoms with Gasteiger partial charge in [0.15, 0.2) is 0 Å². The predicted molar refractivity (Wildman–Crippen MR) is 75.1 cm³/mol. The third-order valence-electron chi connectivity index (χ3n) is 2.84. The smallest absolute Gasteiger partial charge is 0.0622 e. The molecule has 0 amide bonds. The van der Waals surface area contributed by atoms with E-state index in [1.165, 1.54) is 5.69 Å². The van der Waals surface area contributed by atoms with Crippen LogP contribution in [0.5, 0.6) is 0 Å². The van der Waals surface area contributed by atoms with Crippen molar-refractivity contribution in [1.82, 2.24) is 0 Å². The molecule has 0 radical (unpaired) electrons. The Balaban J connectivity index is 2.27. The Bertz CT molecular complexity index is 465. The number of hydrogen-bond acceptors (Lipinski definition) is 2. The zero-order chi connectivity index (χ0) is 12.1. The highest BCUT2D eigenvalue weighted by Crippen LogP contribution is 2.27. The number of para-hydroxylation sites is 3. The van der Waals surface area contributed by atoms with Crippen LogP contribution in [0.1, 0.15) is 6.92 Å². The van der Waals surface area contributed by atoms with Crippen LogP contribution in [0, 0.1) is 0 Å². The van der Waals surface area contributed by atoms with Crippen LogP contribution in [0.3, 0.4) is 0 Å². The van der Waals surface area contributed by atoms with E-state index in [2.05, 4.69) is 60.6 Å². The second kappa shape index (κ2) is 5.39. The minimum Gasteiger partial charge on any atom is -0.373 e. The van der Waals surface area contributed by atoms with Gasteiger partial charge >= 0.3 is 0 Å². The average Bonchev–Trinajstić information content (AvgIpc) is 2.40. The minimum absolute atomic E-state index is 0.994. The summed E-state index contributed by atoms with van der Waals surface area (Å²) in [5.41, 5.74) is 3.48. The normalized spacial score (nSPS) is 10.0. The quantitative estimate of drug-likeness (QED) is 0.851. The Morgan fingerprint density at radius 3 is 2.29 bits per heavy atom. The SMILES string of the molecule is CCN(C)c1ccccc1Nc1ccccc1. The first-order chi connectivity index (χ1) is 8.31. The first-order valence-corrected chi connectivity index (χ1v) is 5.93. The highest BCUT2D eigenvalue weighted by molar-refractivity contribution is 5.74. The molecule has 2 rings (SSSR count). The molecule has 0 aliphatic carbocycles. The predicted octanol–water partition coefficient (Wildman–Crippen LogP) is 3.89. The zero-order valence-electron chi connectivity index (χ0n) is 10.4. The Hall–Kier alpha value is -1.96. The van der Waals surface area contributed by atoms with E-state index in [-0.39, 0.29) is 0 Å². The summed E-state index contributed by atoms with van der Waals surface area (Å²) in [6.07, 6.45) is 0. The van der Waals surface area contributed by atoms with Gasteiger partial charge in [-0.05, 0) is 31.2 Å². The van der Waals surface area contributed by atoms with Crippen LogP contribution >= 0.6 is 0 Å². The molecule has 0 aromatic heterocycles. The summed E-state index contributed by atoms with van der Waals surface area (Å²) in [6.45, 7) is 3.15. The van der Waals surface area contributed by atoms with Crippen molar-refractivity contribution in [3.8, 4) is 0 Å². The largest absolute Gasteiger partial charge is 0.373 e. The molecule has 88 valence electrons. The molecule has 17 heavy (non-hydrogen) atoms. The number of nitrogens with zero attached hydrogens (tertiary/aromatic N) is 1. The topological polar surface area (TPSA) is 15.3 Å². The molecule has 0 saturated heterocycles. The Labute approximate surface area is 103 Å². The van der Waals surface area contributed by atoms with E-state index in [9.17, 15) is 0 Å². The summed E-state index contributed by atoms with van der Waals surface area (Å²) in [5, 5.41) is 3.45. The van der Waals surface area contributed by atoms with Crippen molar-refractivity contribution in [2.75, 3.05) is 23.8 Å². The molecule has 2 nitrogen and oxygen atoms in total. The van der Waals surface area contributed by atoms with Crippen LogP contribution in [-0.4, -0.2) is 13.6 Å². The molecule has 0 fully saturated rings. The summed E-state index contributed by atoms with van der Waals surface area (Å²) < 4.78 is 0. The molecule has 0 unspecified atom stereocenters. The lowest BCUT2D eigenvalue weighted by molar-refractivity contribution is 0.969. The van der Waals surface area contributed by atoms with Gasteiger partial charge in [0.2, 0.25) is 0 Å². The van der Waals surface area contributed by atoms with Crippen LogP contribution in [-0.2, 0) is 0 Å². The van der Waals surface area contributed by atoms with Gasteiger partial charge in [0.1, 0.15) is 0 Å². The van der Waals surface area contributed by atoms with E-state index in [4.69, 9.17) is 0 Å². The molecule has 1 N–H and O–H groups in total. The highest BCUT2D eigenvalue weighted by Gasteiger charge is 2.04. The Morgan fingerprint density at radius 2 is 1.59 bits per heavy atom. The van der Waals surface area contributed by atoms with Crippen molar-refractivity contribution in [3.05, 3.63) is 54.6 Å². The Kier molecular flexibility index (Phi) is 3.66. The molecular weight excluding hydrogens is 208 g/mol. The molecule has 0 atom stereocenters. The van der Waals surface area contributed by atoms with Gasteiger partial charge in [0, 0.05) is 19.3 Å². The zero-order valence-corrected chi connectivity index (χ0v) is 10.4. The molecule has 0 spiro atoms. The molecular formula is C15H18N2. The van der Waals surface area contributed by atoms with E-state index < -0.39 is 0 Å². The van der Waals surface area contributed by atoms with E-state index in [0.717, 1.165) is 17.9 Å². The lowest BCUT2D eigenvalue weighted by atomic mass is 10.2. The second-order valence-electron chi connectivity index (χ2n) is 4.02. The van der Waals surface area contributed by atoms with Gasteiger partial charge in [0.25, 0.3) is 0 Å². The van der Waals surface area contributed by atoms with Gasteiger partial charge in [-0.25, -0.2) is 0 Å². The summed E-state index contributed by atoms with van der Waals surface area (Å²) >= 11 is 0. The molecule has 2 aromatic carbocycles. The number of anilines is 3.